The van der Waals surface area contributed by atoms with Crippen molar-refractivity contribution >= 4 is 37.2 Å². The number of anilines is 1. The summed E-state index contributed by atoms with van der Waals surface area (Å²) in [5, 5.41) is 9.32. The first kappa shape index (κ1) is 16.3. The molecule has 0 aliphatic heterocycles. The van der Waals surface area contributed by atoms with Crippen LogP contribution in [0.4, 0.5) is 5.69 Å². The van der Waals surface area contributed by atoms with Gasteiger partial charge in [-0.3, -0.25) is 0 Å². The molecule has 2 aromatic carbocycles. The lowest BCUT2D eigenvalue weighted by Crippen LogP contribution is -1.88. The fourth-order valence-corrected chi connectivity index (χ4v) is 3.22. The Morgan fingerprint density at radius 3 is 2.35 bits per heavy atom. The molecule has 3 N–H and O–H groups in total. The van der Waals surface area contributed by atoms with Crippen LogP contribution in [0.2, 0.25) is 0 Å². The summed E-state index contributed by atoms with van der Waals surface area (Å²) in [7, 11) is 2.69. The van der Waals surface area contributed by atoms with E-state index < -0.39 is 0 Å². The third kappa shape index (κ3) is 2.86. The molecule has 3 rings (SSSR count). The van der Waals surface area contributed by atoms with Crippen molar-refractivity contribution < 1.29 is 9.84 Å². The minimum atomic E-state index is 0.813. The first-order valence-electron chi connectivity index (χ1n) is 6.49. The molecule has 3 aromatic rings. The molecule has 0 fully saturated rings. The van der Waals surface area contributed by atoms with Gasteiger partial charge in [-0.15, -0.1) is 11.3 Å². The molecule has 1 aromatic heterocycles. The van der Waals surface area contributed by atoms with Gasteiger partial charge in [0.05, 0.1) is 11.8 Å². The number of ether oxygens (including phenoxy) is 1. The molecule has 0 aliphatic carbocycles. The van der Waals surface area contributed by atoms with Crippen LogP contribution in [-0.4, -0.2) is 19.3 Å². The fourth-order valence-electron chi connectivity index (χ4n) is 1.99. The molecular weight excluding hydrogens is 270 g/mol. The molecule has 0 amide bonds. The maximum Gasteiger partial charge on any atom is 0.136 e. The molecule has 0 bridgehead atoms. The van der Waals surface area contributed by atoms with Gasteiger partial charge in [0.25, 0.3) is 0 Å². The molecule has 0 saturated heterocycles. The van der Waals surface area contributed by atoms with Gasteiger partial charge in [-0.05, 0) is 18.2 Å². The van der Waals surface area contributed by atoms with Crippen molar-refractivity contribution in [1.82, 2.24) is 0 Å². The van der Waals surface area contributed by atoms with Crippen LogP contribution in [0.5, 0.6) is 5.75 Å². The van der Waals surface area contributed by atoms with Gasteiger partial charge in [0.2, 0.25) is 0 Å². The Bertz CT molecular complexity index is 677. The number of thiophene rings is 1. The van der Waals surface area contributed by atoms with Crippen molar-refractivity contribution in [1.29, 1.82) is 0 Å². The Hall–Kier alpha value is -1.78. The average Bonchev–Trinajstić information content (AvgIpc) is 2.92. The van der Waals surface area contributed by atoms with Crippen molar-refractivity contribution in [3.8, 4) is 5.75 Å². The van der Waals surface area contributed by atoms with Crippen LogP contribution in [-0.2, 0) is 0 Å². The standard InChI is InChI=1S/C13H11NOS.C2H6.CH4O/c1-15-10-7-6-9(14)12-8-4-2-3-5-11(8)16-13(10)12;2*1-2/h2-7H,14H2,1H3;1-2H3;2H,1H3. The predicted molar refractivity (Wildman–Crippen MR) is 89.8 cm³/mol. The molecule has 0 unspecified atom stereocenters. The van der Waals surface area contributed by atoms with E-state index in [-0.39, 0.29) is 0 Å². The maximum atomic E-state index is 7.00. The van der Waals surface area contributed by atoms with E-state index in [1.54, 1.807) is 18.4 Å². The van der Waals surface area contributed by atoms with Gasteiger partial charge in [-0.1, -0.05) is 32.0 Å². The van der Waals surface area contributed by atoms with E-state index >= 15 is 0 Å². The highest BCUT2D eigenvalue weighted by Gasteiger charge is 2.11. The van der Waals surface area contributed by atoms with Crippen LogP contribution in [0, 0.1) is 0 Å². The fraction of sp³-hybridized carbons (Fsp3) is 0.250. The lowest BCUT2D eigenvalue weighted by molar-refractivity contribution is 0.399. The molecular formula is C16H21NO2S. The first-order valence-corrected chi connectivity index (χ1v) is 7.31. The van der Waals surface area contributed by atoms with Gasteiger partial charge in [-0.25, -0.2) is 0 Å². The van der Waals surface area contributed by atoms with Gasteiger partial charge in [0.1, 0.15) is 5.75 Å². The zero-order valence-corrected chi connectivity index (χ0v) is 13.1. The number of hydrogen-bond acceptors (Lipinski definition) is 4. The molecule has 1 heterocycles. The summed E-state index contributed by atoms with van der Waals surface area (Å²) in [4.78, 5) is 0. The third-order valence-corrected chi connectivity index (χ3v) is 3.93. The maximum absolute atomic E-state index is 7.00. The van der Waals surface area contributed by atoms with Crippen molar-refractivity contribution in [2.45, 2.75) is 13.8 Å². The molecule has 0 radical (unpaired) electrons. The molecule has 4 heteroatoms. The lowest BCUT2D eigenvalue weighted by Gasteiger charge is -2.03. The summed E-state index contributed by atoms with van der Waals surface area (Å²) in [5.74, 6) is 0.894. The highest BCUT2D eigenvalue weighted by molar-refractivity contribution is 7.26. The Morgan fingerprint density at radius 1 is 1.05 bits per heavy atom. The molecule has 20 heavy (non-hydrogen) atoms. The highest BCUT2D eigenvalue weighted by Crippen LogP contribution is 2.41. The SMILES string of the molecule is CC.CO.COc1ccc(N)c2c1sc1ccccc12. The Morgan fingerprint density at radius 2 is 1.70 bits per heavy atom. The van der Waals surface area contributed by atoms with Gasteiger partial charge < -0.3 is 15.6 Å². The molecule has 0 atom stereocenters. The van der Waals surface area contributed by atoms with Crippen LogP contribution in [0.15, 0.2) is 36.4 Å². The number of hydrogen-bond donors (Lipinski definition) is 2. The minimum absolute atomic E-state index is 0.813. The minimum Gasteiger partial charge on any atom is -0.495 e. The molecule has 0 saturated carbocycles. The zero-order chi connectivity index (χ0) is 15.1. The monoisotopic (exact) mass is 291 g/mol. The zero-order valence-electron chi connectivity index (χ0n) is 12.3. The van der Waals surface area contributed by atoms with Crippen LogP contribution >= 0.6 is 11.3 Å². The topological polar surface area (TPSA) is 55.5 Å². The summed E-state index contributed by atoms with van der Waals surface area (Å²) in [6.45, 7) is 4.00. The van der Waals surface area contributed by atoms with Crippen LogP contribution in [0.3, 0.4) is 0 Å². The van der Waals surface area contributed by atoms with E-state index in [0.717, 1.165) is 28.6 Å². The smallest absolute Gasteiger partial charge is 0.136 e. The van der Waals surface area contributed by atoms with Gasteiger partial charge in [-0.2, -0.15) is 0 Å². The number of aliphatic hydroxyl groups is 1. The molecule has 3 nitrogen and oxygen atoms in total. The van der Waals surface area contributed by atoms with Gasteiger partial charge >= 0.3 is 0 Å². The number of rotatable bonds is 1. The highest BCUT2D eigenvalue weighted by atomic mass is 32.1. The summed E-state index contributed by atoms with van der Waals surface area (Å²) in [6.07, 6.45) is 0. The van der Waals surface area contributed by atoms with E-state index in [2.05, 4.69) is 12.1 Å². The summed E-state index contributed by atoms with van der Waals surface area (Å²) >= 11 is 1.72. The van der Waals surface area contributed by atoms with E-state index in [1.807, 2.05) is 38.1 Å². The second kappa shape index (κ2) is 7.72. The second-order valence-corrected chi connectivity index (χ2v) is 4.71. The first-order chi connectivity index (χ1) is 9.81. The third-order valence-electron chi connectivity index (χ3n) is 2.74. The number of aliphatic hydroxyl groups excluding tert-OH is 1. The molecule has 0 aliphatic rings. The Labute approximate surface area is 123 Å². The molecule has 0 spiro atoms. The second-order valence-electron chi connectivity index (χ2n) is 3.66. The summed E-state index contributed by atoms with van der Waals surface area (Å²) in [6, 6.07) is 12.1. The van der Waals surface area contributed by atoms with Crippen molar-refractivity contribution in [2.75, 3.05) is 20.0 Å². The summed E-state index contributed by atoms with van der Waals surface area (Å²) < 4.78 is 7.74. The lowest BCUT2D eigenvalue weighted by atomic mass is 10.1. The predicted octanol–water partition coefficient (Wildman–Crippen LogP) is 4.28. The largest absolute Gasteiger partial charge is 0.495 e. The van der Waals surface area contributed by atoms with E-state index in [0.29, 0.717) is 0 Å². The van der Waals surface area contributed by atoms with Gasteiger partial charge in [0, 0.05) is 28.3 Å². The number of methoxy groups -OCH3 is 1. The average molecular weight is 291 g/mol. The van der Waals surface area contributed by atoms with Crippen LogP contribution in [0.25, 0.3) is 20.2 Å². The Balaban J connectivity index is 0.000000461. The van der Waals surface area contributed by atoms with E-state index in [4.69, 9.17) is 15.6 Å². The van der Waals surface area contributed by atoms with Crippen molar-refractivity contribution in [3.63, 3.8) is 0 Å². The van der Waals surface area contributed by atoms with E-state index in [1.165, 1.54) is 10.1 Å². The number of nitrogens with two attached hydrogens (primary N) is 1. The van der Waals surface area contributed by atoms with Crippen molar-refractivity contribution in [2.24, 2.45) is 0 Å². The molecule has 108 valence electrons. The van der Waals surface area contributed by atoms with Crippen molar-refractivity contribution in [3.05, 3.63) is 36.4 Å². The normalized spacial score (nSPS) is 9.45. The summed E-state index contributed by atoms with van der Waals surface area (Å²) in [5.41, 5.74) is 6.85. The number of nitrogen functional groups attached to an aromatic ring is 1. The quantitative estimate of drug-likeness (QED) is 0.658. The number of fused-ring (bicyclic) bond motifs is 3. The van der Waals surface area contributed by atoms with E-state index in [9.17, 15) is 0 Å². The van der Waals surface area contributed by atoms with Crippen LogP contribution in [0.1, 0.15) is 13.8 Å². The number of benzene rings is 2. The van der Waals surface area contributed by atoms with Crippen LogP contribution < -0.4 is 10.5 Å². The Kier molecular flexibility index (Phi) is 6.28. The van der Waals surface area contributed by atoms with Gasteiger partial charge in [0.15, 0.2) is 0 Å².